The Morgan fingerprint density at radius 2 is 1.00 bits per heavy atom. The Bertz CT molecular complexity index is 157. The number of rotatable bonds is 12. The van der Waals surface area contributed by atoms with E-state index in [0.29, 0.717) is 0 Å². The molecule has 0 aliphatic heterocycles. The van der Waals surface area contributed by atoms with E-state index in [2.05, 4.69) is 6.92 Å². The molecule has 0 spiro atoms. The van der Waals surface area contributed by atoms with Gasteiger partial charge in [-0.1, -0.05) is 77.6 Å². The van der Waals surface area contributed by atoms with Gasteiger partial charge in [0, 0.05) is 0 Å². The standard InChI is InChI=1S/C16H34O.BrH.H3N/c1-4-5-6-7-8-9-10-11-12-13-14-15-16(2,3)17;;/h17H,4-15H2,1-3H3;1H;1H3. The Labute approximate surface area is 132 Å². The Hall–Kier alpha value is 0.400. The number of unbranched alkanes of at least 4 members (excludes halogenated alkanes) is 10. The summed E-state index contributed by atoms with van der Waals surface area (Å²) in [5.41, 5.74) is -0.459. The van der Waals surface area contributed by atoms with E-state index in [-0.39, 0.29) is 23.1 Å². The van der Waals surface area contributed by atoms with Gasteiger partial charge in [0.25, 0.3) is 0 Å². The van der Waals surface area contributed by atoms with E-state index in [1.54, 1.807) is 0 Å². The highest BCUT2D eigenvalue weighted by atomic mass is 79.9. The highest BCUT2D eigenvalue weighted by Gasteiger charge is 2.10. The van der Waals surface area contributed by atoms with E-state index < -0.39 is 5.60 Å². The second-order valence-electron chi connectivity index (χ2n) is 6.10. The van der Waals surface area contributed by atoms with Gasteiger partial charge in [-0.15, -0.1) is 17.0 Å². The van der Waals surface area contributed by atoms with Crippen LogP contribution in [0.25, 0.3) is 0 Å². The van der Waals surface area contributed by atoms with Crippen molar-refractivity contribution in [3.05, 3.63) is 0 Å². The van der Waals surface area contributed by atoms with Gasteiger partial charge >= 0.3 is 0 Å². The van der Waals surface area contributed by atoms with Crippen LogP contribution in [0.3, 0.4) is 0 Å². The SMILES string of the molecule is Br.CCCCCCCCCCCCCC(C)(C)O.N. The molecular formula is C16H38BrNO. The van der Waals surface area contributed by atoms with Gasteiger partial charge in [-0.2, -0.15) is 0 Å². The predicted molar refractivity (Wildman–Crippen MR) is 92.7 cm³/mol. The minimum absolute atomic E-state index is 0. The van der Waals surface area contributed by atoms with Crippen LogP contribution in [-0.4, -0.2) is 10.7 Å². The van der Waals surface area contributed by atoms with Gasteiger partial charge in [0.1, 0.15) is 0 Å². The first kappa shape index (κ1) is 24.4. The average molecular weight is 340 g/mol. The summed E-state index contributed by atoms with van der Waals surface area (Å²) in [4.78, 5) is 0. The molecule has 0 saturated carbocycles. The molecule has 0 aliphatic rings. The van der Waals surface area contributed by atoms with Crippen LogP contribution in [0.5, 0.6) is 0 Å². The van der Waals surface area contributed by atoms with Gasteiger partial charge in [-0.25, -0.2) is 0 Å². The van der Waals surface area contributed by atoms with Crippen LogP contribution in [0.15, 0.2) is 0 Å². The van der Waals surface area contributed by atoms with Gasteiger partial charge in [-0.05, 0) is 20.3 Å². The summed E-state index contributed by atoms with van der Waals surface area (Å²) >= 11 is 0. The first-order valence-electron chi connectivity index (χ1n) is 7.78. The molecule has 120 valence electrons. The van der Waals surface area contributed by atoms with E-state index in [1.807, 2.05) is 13.8 Å². The molecule has 0 unspecified atom stereocenters. The van der Waals surface area contributed by atoms with Crippen molar-refractivity contribution in [2.45, 2.75) is 103 Å². The lowest BCUT2D eigenvalue weighted by molar-refractivity contribution is 0.0680. The molecule has 19 heavy (non-hydrogen) atoms. The smallest absolute Gasteiger partial charge is 0.0591 e. The second-order valence-corrected chi connectivity index (χ2v) is 6.10. The van der Waals surface area contributed by atoms with Crippen molar-refractivity contribution in [1.82, 2.24) is 6.15 Å². The van der Waals surface area contributed by atoms with Crippen molar-refractivity contribution in [2.75, 3.05) is 0 Å². The molecular weight excluding hydrogens is 302 g/mol. The molecule has 0 radical (unpaired) electrons. The zero-order valence-corrected chi connectivity index (χ0v) is 15.3. The average Bonchev–Trinajstić information content (AvgIpc) is 2.24. The minimum atomic E-state index is -0.459. The number of hydrogen-bond donors (Lipinski definition) is 2. The minimum Gasteiger partial charge on any atom is -0.390 e. The van der Waals surface area contributed by atoms with Crippen molar-refractivity contribution in [3.63, 3.8) is 0 Å². The van der Waals surface area contributed by atoms with E-state index in [0.717, 1.165) is 6.42 Å². The van der Waals surface area contributed by atoms with Crippen LogP contribution in [0, 0.1) is 0 Å². The maximum atomic E-state index is 9.56. The maximum absolute atomic E-state index is 9.56. The van der Waals surface area contributed by atoms with Gasteiger partial charge in [-0.3, -0.25) is 0 Å². The Balaban J connectivity index is -0.00000128. The van der Waals surface area contributed by atoms with Crippen LogP contribution < -0.4 is 6.15 Å². The van der Waals surface area contributed by atoms with Crippen molar-refractivity contribution in [2.24, 2.45) is 0 Å². The van der Waals surface area contributed by atoms with Crippen LogP contribution >= 0.6 is 17.0 Å². The summed E-state index contributed by atoms with van der Waals surface area (Å²) < 4.78 is 0. The van der Waals surface area contributed by atoms with Gasteiger partial charge in [0.15, 0.2) is 0 Å². The molecule has 0 aromatic heterocycles. The van der Waals surface area contributed by atoms with Crippen molar-refractivity contribution >= 4 is 17.0 Å². The van der Waals surface area contributed by atoms with Gasteiger partial charge in [0.2, 0.25) is 0 Å². The lowest BCUT2D eigenvalue weighted by atomic mass is 9.99. The molecule has 3 heteroatoms. The fourth-order valence-corrected chi connectivity index (χ4v) is 2.22. The molecule has 0 bridgehead atoms. The zero-order valence-electron chi connectivity index (χ0n) is 13.5. The lowest BCUT2D eigenvalue weighted by Crippen LogP contribution is -2.17. The van der Waals surface area contributed by atoms with Crippen molar-refractivity contribution in [3.8, 4) is 0 Å². The highest BCUT2D eigenvalue weighted by molar-refractivity contribution is 8.93. The largest absolute Gasteiger partial charge is 0.390 e. The molecule has 0 atom stereocenters. The molecule has 0 aromatic rings. The van der Waals surface area contributed by atoms with Gasteiger partial charge in [0.05, 0.1) is 5.60 Å². The Kier molecular flexibility index (Phi) is 21.1. The van der Waals surface area contributed by atoms with Gasteiger partial charge < -0.3 is 11.3 Å². The monoisotopic (exact) mass is 339 g/mol. The third kappa shape index (κ3) is 23.9. The summed E-state index contributed by atoms with van der Waals surface area (Å²) in [6.45, 7) is 6.08. The Morgan fingerprint density at radius 1 is 0.684 bits per heavy atom. The van der Waals surface area contributed by atoms with E-state index in [4.69, 9.17) is 0 Å². The highest BCUT2D eigenvalue weighted by Crippen LogP contribution is 2.15. The maximum Gasteiger partial charge on any atom is 0.0591 e. The quantitative estimate of drug-likeness (QED) is 0.416. The van der Waals surface area contributed by atoms with Crippen LogP contribution in [0.1, 0.15) is 97.8 Å². The molecule has 0 saturated heterocycles. The summed E-state index contributed by atoms with van der Waals surface area (Å²) in [6.07, 6.45) is 16.1. The zero-order chi connectivity index (χ0) is 13.0. The fourth-order valence-electron chi connectivity index (χ4n) is 2.22. The topological polar surface area (TPSA) is 55.2 Å². The van der Waals surface area contributed by atoms with E-state index in [1.165, 1.54) is 70.6 Å². The van der Waals surface area contributed by atoms with E-state index in [9.17, 15) is 5.11 Å². The molecule has 0 fully saturated rings. The first-order chi connectivity index (χ1) is 8.06. The molecule has 0 heterocycles. The molecule has 0 rings (SSSR count). The predicted octanol–water partition coefficient (Wildman–Crippen LogP) is 6.20. The summed E-state index contributed by atoms with van der Waals surface area (Å²) in [7, 11) is 0. The van der Waals surface area contributed by atoms with Crippen molar-refractivity contribution < 1.29 is 5.11 Å². The third-order valence-electron chi connectivity index (χ3n) is 3.39. The molecule has 0 amide bonds. The first-order valence-corrected chi connectivity index (χ1v) is 7.78. The number of halogens is 1. The number of aliphatic hydroxyl groups is 1. The number of hydrogen-bond acceptors (Lipinski definition) is 2. The fraction of sp³-hybridized carbons (Fsp3) is 1.00. The summed E-state index contributed by atoms with van der Waals surface area (Å²) in [5.74, 6) is 0. The molecule has 4 N–H and O–H groups in total. The molecule has 0 aliphatic carbocycles. The van der Waals surface area contributed by atoms with Crippen molar-refractivity contribution in [1.29, 1.82) is 0 Å². The summed E-state index contributed by atoms with van der Waals surface area (Å²) in [5, 5.41) is 9.56. The normalized spacial score (nSPS) is 10.7. The van der Waals surface area contributed by atoms with Crippen LogP contribution in [0.2, 0.25) is 0 Å². The van der Waals surface area contributed by atoms with Crippen LogP contribution in [-0.2, 0) is 0 Å². The lowest BCUT2D eigenvalue weighted by Gasteiger charge is -2.16. The van der Waals surface area contributed by atoms with E-state index >= 15 is 0 Å². The Morgan fingerprint density at radius 3 is 1.32 bits per heavy atom. The third-order valence-corrected chi connectivity index (χ3v) is 3.39. The second kappa shape index (κ2) is 16.5. The molecule has 0 aromatic carbocycles. The van der Waals surface area contributed by atoms with Crippen LogP contribution in [0.4, 0.5) is 0 Å². The molecule has 2 nitrogen and oxygen atoms in total. The summed E-state index contributed by atoms with van der Waals surface area (Å²) in [6, 6.07) is 0.